The summed E-state index contributed by atoms with van der Waals surface area (Å²) in [6.45, 7) is 10.2. The number of esters is 1. The monoisotopic (exact) mass is 421 g/mol. The van der Waals surface area contributed by atoms with Gasteiger partial charge < -0.3 is 10.1 Å². The van der Waals surface area contributed by atoms with E-state index in [1.165, 1.54) is 0 Å². The van der Waals surface area contributed by atoms with Crippen LogP contribution >= 0.6 is 0 Å². The minimum atomic E-state index is -0.983. The van der Waals surface area contributed by atoms with E-state index in [1.54, 1.807) is 6.92 Å². The van der Waals surface area contributed by atoms with E-state index >= 15 is 0 Å². The zero-order valence-corrected chi connectivity index (χ0v) is 19.4. The van der Waals surface area contributed by atoms with Crippen molar-refractivity contribution in [2.75, 3.05) is 6.61 Å². The molecule has 2 aromatic rings. The third-order valence-electron chi connectivity index (χ3n) is 6.45. The maximum Gasteiger partial charge on any atom is 0.322 e. The number of rotatable bonds is 10. The lowest BCUT2D eigenvalue weighted by Crippen LogP contribution is -2.57. The fourth-order valence-corrected chi connectivity index (χ4v) is 4.95. The number of carbonyl (C=O) groups is 2. The summed E-state index contributed by atoms with van der Waals surface area (Å²) < 4.78 is 5.70. The van der Waals surface area contributed by atoms with Gasteiger partial charge in [-0.1, -0.05) is 69.3 Å². The summed E-state index contributed by atoms with van der Waals surface area (Å²) >= 11 is 0. The number of ether oxygens (including phenoxy) is 1. The Bertz CT molecular complexity index is 888. The van der Waals surface area contributed by atoms with Gasteiger partial charge in [-0.05, 0) is 61.3 Å². The van der Waals surface area contributed by atoms with E-state index in [1.807, 2.05) is 43.3 Å². The first kappa shape index (κ1) is 23.2. The minimum Gasteiger partial charge on any atom is -0.465 e. The van der Waals surface area contributed by atoms with Crippen LogP contribution in [-0.4, -0.2) is 30.4 Å². The molecule has 2 aromatic carbocycles. The van der Waals surface area contributed by atoms with Gasteiger partial charge in [-0.3, -0.25) is 9.59 Å². The van der Waals surface area contributed by atoms with Gasteiger partial charge in [0.05, 0.1) is 12.6 Å². The number of hydrogen-bond donors (Lipinski definition) is 1. The zero-order chi connectivity index (χ0) is 22.6. The molecular formula is C27H35NO3. The molecule has 0 saturated heterocycles. The molecule has 1 aliphatic carbocycles. The fraction of sp³-hybridized carbons (Fsp3) is 0.481. The number of benzene rings is 2. The van der Waals surface area contributed by atoms with Crippen LogP contribution in [0.3, 0.4) is 0 Å². The molecule has 166 valence electrons. The van der Waals surface area contributed by atoms with Gasteiger partial charge >= 0.3 is 5.97 Å². The molecule has 0 spiro atoms. The molecule has 2 atom stereocenters. The molecule has 0 fully saturated rings. The van der Waals surface area contributed by atoms with Crippen LogP contribution in [-0.2, 0) is 19.7 Å². The van der Waals surface area contributed by atoms with Crippen molar-refractivity contribution in [1.82, 2.24) is 5.32 Å². The van der Waals surface area contributed by atoms with Crippen LogP contribution in [0.5, 0.6) is 0 Å². The standard InChI is InChI=1S/C27H35NO3/c1-6-25(28-24(19(5)29)17-16-18(3)4)27(26(30)31-7-2)22-14-10-8-12-20(22)21-13-9-11-15-23(21)27/h8-15,18,24-25,28H,6-7,16-17H2,1-5H3. The Balaban J connectivity index is 2.16. The molecule has 0 aromatic heterocycles. The Hall–Kier alpha value is -2.46. The Kier molecular flexibility index (Phi) is 7.32. The molecule has 0 amide bonds. The predicted octanol–water partition coefficient (Wildman–Crippen LogP) is 5.28. The van der Waals surface area contributed by atoms with Crippen LogP contribution in [0, 0.1) is 5.92 Å². The predicted molar refractivity (Wildman–Crippen MR) is 125 cm³/mol. The van der Waals surface area contributed by atoms with Crippen LogP contribution in [0.4, 0.5) is 0 Å². The van der Waals surface area contributed by atoms with Crippen molar-refractivity contribution in [1.29, 1.82) is 0 Å². The fourth-order valence-electron chi connectivity index (χ4n) is 4.95. The van der Waals surface area contributed by atoms with E-state index in [0.717, 1.165) is 35.1 Å². The van der Waals surface area contributed by atoms with Gasteiger partial charge in [0.1, 0.15) is 11.2 Å². The van der Waals surface area contributed by atoms with Gasteiger partial charge in [-0.15, -0.1) is 0 Å². The molecule has 4 heteroatoms. The highest BCUT2D eigenvalue weighted by Crippen LogP contribution is 2.52. The molecule has 3 rings (SSSR count). The molecule has 2 unspecified atom stereocenters. The summed E-state index contributed by atoms with van der Waals surface area (Å²) in [5, 5.41) is 3.61. The maximum atomic E-state index is 13.8. The normalized spacial score (nSPS) is 15.8. The van der Waals surface area contributed by atoms with E-state index in [2.05, 4.69) is 38.2 Å². The lowest BCUT2D eigenvalue weighted by molar-refractivity contribution is -0.150. The van der Waals surface area contributed by atoms with Crippen molar-refractivity contribution in [2.45, 2.75) is 71.4 Å². The van der Waals surface area contributed by atoms with Crippen molar-refractivity contribution in [2.24, 2.45) is 5.92 Å². The van der Waals surface area contributed by atoms with Crippen LogP contribution in [0.15, 0.2) is 48.5 Å². The highest BCUT2D eigenvalue weighted by molar-refractivity contribution is 5.99. The van der Waals surface area contributed by atoms with E-state index in [0.29, 0.717) is 18.9 Å². The van der Waals surface area contributed by atoms with E-state index in [4.69, 9.17) is 4.74 Å². The lowest BCUT2D eigenvalue weighted by Gasteiger charge is -2.39. The minimum absolute atomic E-state index is 0.109. The molecule has 4 nitrogen and oxygen atoms in total. The topological polar surface area (TPSA) is 55.4 Å². The summed E-state index contributed by atoms with van der Waals surface area (Å²) in [6, 6.07) is 15.6. The van der Waals surface area contributed by atoms with E-state index < -0.39 is 5.41 Å². The van der Waals surface area contributed by atoms with Crippen LogP contribution in [0.25, 0.3) is 11.1 Å². The van der Waals surface area contributed by atoms with Crippen LogP contribution in [0.2, 0.25) is 0 Å². The van der Waals surface area contributed by atoms with Crippen molar-refractivity contribution in [3.8, 4) is 11.1 Å². The third-order valence-corrected chi connectivity index (χ3v) is 6.45. The van der Waals surface area contributed by atoms with Gasteiger partial charge in [0.2, 0.25) is 0 Å². The molecule has 0 bridgehead atoms. The van der Waals surface area contributed by atoms with Crippen molar-refractivity contribution in [3.63, 3.8) is 0 Å². The van der Waals surface area contributed by atoms with Crippen molar-refractivity contribution < 1.29 is 14.3 Å². The second-order valence-corrected chi connectivity index (χ2v) is 8.88. The summed E-state index contributed by atoms with van der Waals surface area (Å²) in [5.74, 6) is 0.367. The molecule has 31 heavy (non-hydrogen) atoms. The average molecular weight is 422 g/mol. The van der Waals surface area contributed by atoms with Crippen molar-refractivity contribution in [3.05, 3.63) is 59.7 Å². The molecule has 0 radical (unpaired) electrons. The van der Waals surface area contributed by atoms with Gasteiger partial charge in [0.25, 0.3) is 0 Å². The largest absolute Gasteiger partial charge is 0.465 e. The van der Waals surface area contributed by atoms with Gasteiger partial charge in [0.15, 0.2) is 0 Å². The molecule has 0 aliphatic heterocycles. The average Bonchev–Trinajstić information content (AvgIpc) is 3.05. The summed E-state index contributed by atoms with van der Waals surface area (Å²) in [5.41, 5.74) is 3.06. The van der Waals surface area contributed by atoms with Crippen LogP contribution < -0.4 is 5.32 Å². The summed E-state index contributed by atoms with van der Waals surface area (Å²) in [4.78, 5) is 26.3. The molecular weight excluding hydrogens is 386 g/mol. The summed E-state index contributed by atoms with van der Waals surface area (Å²) in [7, 11) is 0. The quantitative estimate of drug-likeness (QED) is 0.531. The van der Waals surface area contributed by atoms with E-state index in [9.17, 15) is 9.59 Å². The first-order chi connectivity index (χ1) is 14.9. The zero-order valence-electron chi connectivity index (χ0n) is 19.4. The number of hydrogen-bond acceptors (Lipinski definition) is 4. The Labute approximate surface area is 186 Å². The SMILES string of the molecule is CCOC(=O)C1(C(CC)NC(CCC(C)C)C(C)=O)c2ccccc2-c2ccccc21. The molecule has 1 aliphatic rings. The van der Waals surface area contributed by atoms with Crippen molar-refractivity contribution >= 4 is 11.8 Å². The Morgan fingerprint density at radius 2 is 1.48 bits per heavy atom. The second-order valence-electron chi connectivity index (χ2n) is 8.88. The highest BCUT2D eigenvalue weighted by atomic mass is 16.5. The third kappa shape index (κ3) is 4.18. The Morgan fingerprint density at radius 1 is 0.935 bits per heavy atom. The number of fused-ring (bicyclic) bond motifs is 3. The first-order valence-electron chi connectivity index (χ1n) is 11.5. The smallest absolute Gasteiger partial charge is 0.322 e. The Morgan fingerprint density at radius 3 is 1.94 bits per heavy atom. The number of carbonyl (C=O) groups excluding carboxylic acids is 2. The lowest BCUT2D eigenvalue weighted by atomic mass is 9.70. The highest BCUT2D eigenvalue weighted by Gasteiger charge is 2.55. The number of Topliss-reactive ketones (excluding diaryl/α,β-unsaturated/α-hetero) is 1. The summed E-state index contributed by atoms with van der Waals surface area (Å²) in [6.07, 6.45) is 2.39. The van der Waals surface area contributed by atoms with Gasteiger partial charge in [-0.2, -0.15) is 0 Å². The van der Waals surface area contributed by atoms with E-state index in [-0.39, 0.29) is 23.8 Å². The number of nitrogens with one attached hydrogen (secondary N) is 1. The molecule has 0 heterocycles. The van der Waals surface area contributed by atoms with Crippen LogP contribution in [0.1, 0.15) is 65.0 Å². The van der Waals surface area contributed by atoms with Gasteiger partial charge in [-0.25, -0.2) is 0 Å². The van der Waals surface area contributed by atoms with Gasteiger partial charge in [0, 0.05) is 6.04 Å². The number of ketones is 1. The second kappa shape index (κ2) is 9.78. The first-order valence-corrected chi connectivity index (χ1v) is 11.5. The molecule has 1 N–H and O–H groups in total. The maximum absolute atomic E-state index is 13.8. The molecule has 0 saturated carbocycles.